The van der Waals surface area contributed by atoms with Crippen LogP contribution in [0.15, 0.2) is 42.2 Å². The number of ether oxygens (including phenoxy) is 1. The smallest absolute Gasteiger partial charge is 0.345 e. The number of benzene rings is 1. The summed E-state index contributed by atoms with van der Waals surface area (Å²) in [6.45, 7) is 0.247. The average molecular weight is 247 g/mol. The molecule has 1 atom stereocenters. The lowest BCUT2D eigenvalue weighted by Crippen LogP contribution is -2.27. The third kappa shape index (κ3) is 3.10. The van der Waals surface area contributed by atoms with Crippen molar-refractivity contribution in [2.75, 3.05) is 6.54 Å². The van der Waals surface area contributed by atoms with Crippen LogP contribution in [0.4, 0.5) is 0 Å². The first-order valence-electron chi connectivity index (χ1n) is 5.57. The molecule has 0 aromatic heterocycles. The van der Waals surface area contributed by atoms with Gasteiger partial charge in [0.05, 0.1) is 6.54 Å². The third-order valence-electron chi connectivity index (χ3n) is 2.56. The number of hydrogen-bond acceptors (Lipinski definition) is 3. The molecule has 5 heteroatoms. The highest BCUT2D eigenvalue weighted by Gasteiger charge is 2.23. The molecule has 0 radical (unpaired) electrons. The first-order valence-corrected chi connectivity index (χ1v) is 5.57. The van der Waals surface area contributed by atoms with Crippen LogP contribution in [0.2, 0.25) is 0 Å². The maximum Gasteiger partial charge on any atom is 0.345 e. The van der Waals surface area contributed by atoms with Crippen molar-refractivity contribution in [2.45, 2.75) is 12.5 Å². The first-order chi connectivity index (χ1) is 8.65. The van der Waals surface area contributed by atoms with E-state index in [2.05, 4.69) is 5.32 Å². The Hall–Kier alpha value is -2.30. The van der Waals surface area contributed by atoms with E-state index in [4.69, 9.17) is 9.84 Å². The molecule has 5 nitrogen and oxygen atoms in total. The quantitative estimate of drug-likeness (QED) is 0.803. The summed E-state index contributed by atoms with van der Waals surface area (Å²) in [7, 11) is 0. The molecule has 2 rings (SSSR count). The Morgan fingerprint density at radius 2 is 2.11 bits per heavy atom. The molecule has 1 aliphatic heterocycles. The Morgan fingerprint density at radius 3 is 2.67 bits per heavy atom. The van der Waals surface area contributed by atoms with Crippen molar-refractivity contribution < 1.29 is 19.4 Å². The predicted molar refractivity (Wildman–Crippen MR) is 63.7 cm³/mol. The van der Waals surface area contributed by atoms with Gasteiger partial charge in [0.1, 0.15) is 5.76 Å². The molecule has 0 saturated heterocycles. The Balaban J connectivity index is 2.03. The molecule has 1 unspecified atom stereocenters. The number of carboxylic acids is 1. The van der Waals surface area contributed by atoms with Crippen LogP contribution < -0.4 is 5.32 Å². The number of hydrogen-bond donors (Lipinski definition) is 2. The molecule has 1 aromatic rings. The van der Waals surface area contributed by atoms with E-state index in [-0.39, 0.29) is 18.9 Å². The maximum atomic E-state index is 11.1. The van der Waals surface area contributed by atoms with E-state index in [1.54, 1.807) is 0 Å². The third-order valence-corrected chi connectivity index (χ3v) is 2.56. The van der Waals surface area contributed by atoms with Crippen molar-refractivity contribution in [1.82, 2.24) is 5.32 Å². The summed E-state index contributed by atoms with van der Waals surface area (Å²) in [4.78, 5) is 22.1. The van der Waals surface area contributed by atoms with Crippen molar-refractivity contribution in [1.29, 1.82) is 0 Å². The van der Waals surface area contributed by atoms with Gasteiger partial charge in [-0.3, -0.25) is 4.79 Å². The van der Waals surface area contributed by atoms with E-state index < -0.39 is 12.1 Å². The fourth-order valence-electron chi connectivity index (χ4n) is 1.69. The van der Waals surface area contributed by atoms with Gasteiger partial charge in [-0.1, -0.05) is 30.3 Å². The molecule has 1 aliphatic rings. The van der Waals surface area contributed by atoms with Crippen molar-refractivity contribution >= 4 is 11.9 Å². The normalized spacial score (nSPS) is 15.8. The SMILES string of the molecule is O=C1C=C(OC(Cc2ccccc2)C(=O)O)CN1. The van der Waals surface area contributed by atoms with Crippen LogP contribution >= 0.6 is 0 Å². The number of aliphatic carboxylic acids is 1. The molecule has 94 valence electrons. The van der Waals surface area contributed by atoms with Crippen molar-refractivity contribution in [2.24, 2.45) is 0 Å². The van der Waals surface area contributed by atoms with Gasteiger partial charge in [0, 0.05) is 12.5 Å². The van der Waals surface area contributed by atoms with Gasteiger partial charge in [-0.15, -0.1) is 0 Å². The van der Waals surface area contributed by atoms with Crippen LogP contribution in [-0.4, -0.2) is 29.6 Å². The number of amides is 1. The summed E-state index contributed by atoms with van der Waals surface area (Å²) in [6.07, 6.45) is 0.564. The molecule has 18 heavy (non-hydrogen) atoms. The van der Waals surface area contributed by atoms with Crippen LogP contribution in [0, 0.1) is 0 Å². The molecular formula is C13H13NO4. The number of carbonyl (C=O) groups excluding carboxylic acids is 1. The zero-order valence-corrected chi connectivity index (χ0v) is 9.63. The average Bonchev–Trinajstić information content (AvgIpc) is 2.75. The molecule has 1 amide bonds. The van der Waals surface area contributed by atoms with E-state index in [0.717, 1.165) is 5.56 Å². The second kappa shape index (κ2) is 5.35. The van der Waals surface area contributed by atoms with Crippen molar-refractivity contribution in [3.63, 3.8) is 0 Å². The Bertz CT molecular complexity index is 481. The number of carbonyl (C=O) groups is 2. The highest BCUT2D eigenvalue weighted by atomic mass is 16.5. The molecule has 0 aliphatic carbocycles. The lowest BCUT2D eigenvalue weighted by Gasteiger charge is -2.15. The Kier molecular flexibility index (Phi) is 3.62. The molecular weight excluding hydrogens is 234 g/mol. The van der Waals surface area contributed by atoms with Crippen LogP contribution in [-0.2, 0) is 20.7 Å². The molecule has 0 bridgehead atoms. The molecule has 0 spiro atoms. The topological polar surface area (TPSA) is 75.6 Å². The van der Waals surface area contributed by atoms with Crippen LogP contribution in [0.3, 0.4) is 0 Å². The fourth-order valence-corrected chi connectivity index (χ4v) is 1.69. The summed E-state index contributed by atoms with van der Waals surface area (Å²) in [5.41, 5.74) is 0.878. The van der Waals surface area contributed by atoms with E-state index in [1.807, 2.05) is 30.3 Å². The van der Waals surface area contributed by atoms with E-state index >= 15 is 0 Å². The lowest BCUT2D eigenvalue weighted by molar-refractivity contribution is -0.147. The van der Waals surface area contributed by atoms with E-state index in [1.165, 1.54) is 6.08 Å². The number of carboxylic acid groups (broad SMARTS) is 1. The number of rotatable bonds is 5. The number of nitrogens with one attached hydrogen (secondary N) is 1. The zero-order chi connectivity index (χ0) is 13.0. The van der Waals surface area contributed by atoms with Gasteiger partial charge in [-0.05, 0) is 5.56 Å². The minimum atomic E-state index is -1.04. The van der Waals surface area contributed by atoms with Gasteiger partial charge in [-0.2, -0.15) is 0 Å². The minimum Gasteiger partial charge on any atom is -0.481 e. The minimum absolute atomic E-state index is 0.247. The Morgan fingerprint density at radius 1 is 1.39 bits per heavy atom. The standard InChI is InChI=1S/C13H13NO4/c15-12-7-10(8-14-12)18-11(13(16)17)6-9-4-2-1-3-5-9/h1-5,7,11H,6,8H2,(H,14,15)(H,16,17). The maximum absolute atomic E-state index is 11.1. The van der Waals surface area contributed by atoms with Gasteiger partial charge in [0.2, 0.25) is 5.91 Å². The van der Waals surface area contributed by atoms with Crippen molar-refractivity contribution in [3.8, 4) is 0 Å². The molecule has 0 saturated carbocycles. The summed E-state index contributed by atoms with van der Waals surface area (Å²) in [5, 5.41) is 11.6. The molecule has 2 N–H and O–H groups in total. The van der Waals surface area contributed by atoms with Crippen LogP contribution in [0.25, 0.3) is 0 Å². The molecule has 1 aromatic carbocycles. The summed E-state index contributed by atoms with van der Waals surface area (Å²) < 4.78 is 5.33. The van der Waals surface area contributed by atoms with Gasteiger partial charge in [-0.25, -0.2) is 4.79 Å². The largest absolute Gasteiger partial charge is 0.481 e. The second-order valence-electron chi connectivity index (χ2n) is 3.96. The second-order valence-corrected chi connectivity index (χ2v) is 3.96. The summed E-state index contributed by atoms with van der Waals surface area (Å²) >= 11 is 0. The first kappa shape index (κ1) is 12.2. The monoisotopic (exact) mass is 247 g/mol. The highest BCUT2D eigenvalue weighted by molar-refractivity contribution is 5.90. The zero-order valence-electron chi connectivity index (χ0n) is 9.63. The predicted octanol–water partition coefficient (Wildman–Crippen LogP) is 0.713. The van der Waals surface area contributed by atoms with Gasteiger partial charge < -0.3 is 15.2 Å². The molecule has 1 heterocycles. The van der Waals surface area contributed by atoms with Gasteiger partial charge in [0.15, 0.2) is 6.10 Å². The highest BCUT2D eigenvalue weighted by Crippen LogP contribution is 2.12. The van der Waals surface area contributed by atoms with Crippen LogP contribution in [0.5, 0.6) is 0 Å². The van der Waals surface area contributed by atoms with Gasteiger partial charge in [0.25, 0.3) is 0 Å². The Labute approximate surface area is 104 Å². The van der Waals surface area contributed by atoms with E-state index in [9.17, 15) is 9.59 Å². The van der Waals surface area contributed by atoms with Gasteiger partial charge >= 0.3 is 5.97 Å². The van der Waals surface area contributed by atoms with E-state index in [0.29, 0.717) is 5.76 Å². The molecule has 0 fully saturated rings. The summed E-state index contributed by atoms with van der Waals surface area (Å²) in [5.74, 6) is -0.934. The summed E-state index contributed by atoms with van der Waals surface area (Å²) in [6, 6.07) is 9.22. The van der Waals surface area contributed by atoms with Crippen LogP contribution in [0.1, 0.15) is 5.56 Å². The van der Waals surface area contributed by atoms with Crippen molar-refractivity contribution in [3.05, 3.63) is 47.7 Å². The fraction of sp³-hybridized carbons (Fsp3) is 0.231. The lowest BCUT2D eigenvalue weighted by atomic mass is 10.1.